The van der Waals surface area contributed by atoms with Crippen molar-refractivity contribution in [3.05, 3.63) is 63.2 Å². The first kappa shape index (κ1) is 14.8. The third-order valence-electron chi connectivity index (χ3n) is 5.26. The van der Waals surface area contributed by atoms with Crippen LogP contribution in [0.4, 0.5) is 4.39 Å². The van der Waals surface area contributed by atoms with Crippen molar-refractivity contribution in [2.75, 3.05) is 6.54 Å². The molecule has 2 aliphatic rings. The SMILES string of the molecule is O=c1[nH]c(C2CC2)nc2c1CCN(Cc1c[nH]c3cc(F)ccc13)C2. The van der Waals surface area contributed by atoms with Gasteiger partial charge in [0, 0.05) is 48.2 Å². The molecule has 6 heteroatoms. The van der Waals surface area contributed by atoms with Crippen molar-refractivity contribution < 1.29 is 4.39 Å². The maximum atomic E-state index is 13.3. The normalized spacial score (nSPS) is 17.8. The Morgan fingerprint density at radius 1 is 1.32 bits per heavy atom. The smallest absolute Gasteiger partial charge is 0.254 e. The quantitative estimate of drug-likeness (QED) is 0.772. The largest absolute Gasteiger partial charge is 0.361 e. The van der Waals surface area contributed by atoms with E-state index in [0.29, 0.717) is 12.5 Å². The fourth-order valence-corrected chi connectivity index (χ4v) is 3.73. The Morgan fingerprint density at radius 3 is 3.04 bits per heavy atom. The Bertz CT molecular complexity index is 1020. The van der Waals surface area contributed by atoms with E-state index in [1.54, 1.807) is 0 Å². The van der Waals surface area contributed by atoms with Gasteiger partial charge in [-0.15, -0.1) is 0 Å². The van der Waals surface area contributed by atoms with E-state index in [-0.39, 0.29) is 11.4 Å². The Hall–Kier alpha value is -2.47. The highest BCUT2D eigenvalue weighted by Gasteiger charge is 2.29. The Balaban J connectivity index is 1.42. The lowest BCUT2D eigenvalue weighted by Gasteiger charge is -2.27. The van der Waals surface area contributed by atoms with Crippen LogP contribution in [-0.4, -0.2) is 26.4 Å². The van der Waals surface area contributed by atoms with Gasteiger partial charge in [-0.25, -0.2) is 9.37 Å². The molecule has 0 bridgehead atoms. The predicted molar refractivity (Wildman–Crippen MR) is 92.9 cm³/mol. The summed E-state index contributed by atoms with van der Waals surface area (Å²) in [6.45, 7) is 2.28. The average Bonchev–Trinajstić information content (AvgIpc) is 3.38. The van der Waals surface area contributed by atoms with Crippen LogP contribution in [0.1, 0.15) is 41.4 Å². The molecule has 25 heavy (non-hydrogen) atoms. The monoisotopic (exact) mass is 338 g/mol. The van der Waals surface area contributed by atoms with Gasteiger partial charge in [-0.3, -0.25) is 9.69 Å². The maximum Gasteiger partial charge on any atom is 0.254 e. The van der Waals surface area contributed by atoms with Crippen LogP contribution in [0.25, 0.3) is 10.9 Å². The van der Waals surface area contributed by atoms with E-state index < -0.39 is 0 Å². The van der Waals surface area contributed by atoms with Gasteiger partial charge in [0.1, 0.15) is 11.6 Å². The highest BCUT2D eigenvalue weighted by Crippen LogP contribution is 2.37. The average molecular weight is 338 g/mol. The van der Waals surface area contributed by atoms with Gasteiger partial charge in [0.15, 0.2) is 0 Å². The van der Waals surface area contributed by atoms with E-state index in [2.05, 4.69) is 14.9 Å². The molecule has 2 aromatic heterocycles. The summed E-state index contributed by atoms with van der Waals surface area (Å²) in [7, 11) is 0. The van der Waals surface area contributed by atoms with E-state index in [1.165, 1.54) is 12.1 Å². The van der Waals surface area contributed by atoms with E-state index in [0.717, 1.165) is 65.9 Å². The highest BCUT2D eigenvalue weighted by atomic mass is 19.1. The zero-order chi connectivity index (χ0) is 17.0. The third-order valence-corrected chi connectivity index (χ3v) is 5.26. The second-order valence-electron chi connectivity index (χ2n) is 7.12. The van der Waals surface area contributed by atoms with Crippen LogP contribution in [0.15, 0.2) is 29.2 Å². The molecule has 0 unspecified atom stereocenters. The molecule has 3 heterocycles. The van der Waals surface area contributed by atoms with Crippen molar-refractivity contribution in [3.63, 3.8) is 0 Å². The molecule has 128 valence electrons. The summed E-state index contributed by atoms with van der Waals surface area (Å²) in [6.07, 6.45) is 4.91. The van der Waals surface area contributed by atoms with Crippen molar-refractivity contribution in [2.24, 2.45) is 0 Å². The molecule has 1 aliphatic carbocycles. The lowest BCUT2D eigenvalue weighted by atomic mass is 10.1. The molecule has 1 aromatic carbocycles. The highest BCUT2D eigenvalue weighted by molar-refractivity contribution is 5.83. The number of benzene rings is 1. The van der Waals surface area contributed by atoms with Gasteiger partial charge in [0.25, 0.3) is 5.56 Å². The Morgan fingerprint density at radius 2 is 2.20 bits per heavy atom. The summed E-state index contributed by atoms with van der Waals surface area (Å²) in [4.78, 5) is 25.4. The van der Waals surface area contributed by atoms with Crippen LogP contribution in [0.5, 0.6) is 0 Å². The number of aromatic amines is 2. The molecule has 0 spiro atoms. The van der Waals surface area contributed by atoms with Gasteiger partial charge in [-0.05, 0) is 43.0 Å². The topological polar surface area (TPSA) is 64.8 Å². The molecule has 5 rings (SSSR count). The van der Waals surface area contributed by atoms with Gasteiger partial charge in [-0.1, -0.05) is 0 Å². The third kappa shape index (κ3) is 2.66. The Labute approximate surface area is 143 Å². The zero-order valence-electron chi connectivity index (χ0n) is 13.8. The summed E-state index contributed by atoms with van der Waals surface area (Å²) in [5, 5.41) is 1.05. The fourth-order valence-electron chi connectivity index (χ4n) is 3.73. The van der Waals surface area contributed by atoms with Crippen molar-refractivity contribution in [2.45, 2.75) is 38.3 Å². The van der Waals surface area contributed by atoms with E-state index in [9.17, 15) is 9.18 Å². The van der Waals surface area contributed by atoms with Crippen LogP contribution in [0.2, 0.25) is 0 Å². The standard InChI is InChI=1S/C19H19FN4O/c20-13-3-4-14-12(8-21-16(14)7-13)9-24-6-5-15-17(10-24)22-18(11-1-2-11)23-19(15)25/h3-4,7-8,11,21H,1-2,5-6,9-10H2,(H,22,23,25). The predicted octanol–water partition coefficient (Wildman–Crippen LogP) is 2.83. The number of nitrogens with one attached hydrogen (secondary N) is 2. The number of hydrogen-bond acceptors (Lipinski definition) is 3. The van der Waals surface area contributed by atoms with Crippen LogP contribution in [0.3, 0.4) is 0 Å². The van der Waals surface area contributed by atoms with Crippen LogP contribution >= 0.6 is 0 Å². The van der Waals surface area contributed by atoms with Gasteiger partial charge >= 0.3 is 0 Å². The molecule has 1 saturated carbocycles. The molecule has 0 amide bonds. The number of H-pyrrole nitrogens is 2. The van der Waals surface area contributed by atoms with Crippen molar-refractivity contribution >= 4 is 10.9 Å². The molecule has 1 fully saturated rings. The van der Waals surface area contributed by atoms with Crippen LogP contribution in [-0.2, 0) is 19.5 Å². The first-order valence-electron chi connectivity index (χ1n) is 8.77. The minimum absolute atomic E-state index is 0.0362. The van der Waals surface area contributed by atoms with Gasteiger partial charge < -0.3 is 9.97 Å². The van der Waals surface area contributed by atoms with Crippen LogP contribution in [0, 0.1) is 5.82 Å². The summed E-state index contributed by atoms with van der Waals surface area (Å²) >= 11 is 0. The molecule has 0 radical (unpaired) electrons. The number of hydrogen-bond donors (Lipinski definition) is 2. The number of fused-ring (bicyclic) bond motifs is 2. The second-order valence-corrected chi connectivity index (χ2v) is 7.12. The molecule has 2 N–H and O–H groups in total. The van der Waals surface area contributed by atoms with E-state index in [4.69, 9.17) is 4.98 Å². The summed E-state index contributed by atoms with van der Waals surface area (Å²) in [6, 6.07) is 4.84. The van der Waals surface area contributed by atoms with Crippen molar-refractivity contribution in [1.29, 1.82) is 0 Å². The van der Waals surface area contributed by atoms with Crippen molar-refractivity contribution in [1.82, 2.24) is 19.9 Å². The summed E-state index contributed by atoms with van der Waals surface area (Å²) in [5.74, 6) is 1.06. The molecular formula is C19H19FN4O. The minimum Gasteiger partial charge on any atom is -0.361 e. The van der Waals surface area contributed by atoms with E-state index >= 15 is 0 Å². The van der Waals surface area contributed by atoms with Gasteiger partial charge in [-0.2, -0.15) is 0 Å². The summed E-state index contributed by atoms with van der Waals surface area (Å²) in [5.41, 5.74) is 3.75. The first-order valence-corrected chi connectivity index (χ1v) is 8.77. The number of rotatable bonds is 3. The van der Waals surface area contributed by atoms with Gasteiger partial charge in [0.2, 0.25) is 0 Å². The maximum absolute atomic E-state index is 13.3. The van der Waals surface area contributed by atoms with E-state index in [1.807, 2.05) is 12.3 Å². The Kier molecular flexibility index (Phi) is 3.28. The van der Waals surface area contributed by atoms with Crippen molar-refractivity contribution in [3.8, 4) is 0 Å². The first-order chi connectivity index (χ1) is 12.2. The molecular weight excluding hydrogens is 319 g/mol. The number of aromatic nitrogens is 3. The zero-order valence-corrected chi connectivity index (χ0v) is 13.8. The second kappa shape index (κ2) is 5.52. The molecule has 1 aliphatic heterocycles. The molecule has 0 saturated heterocycles. The van der Waals surface area contributed by atoms with Crippen LogP contribution < -0.4 is 5.56 Å². The number of nitrogens with zero attached hydrogens (tertiary/aromatic N) is 2. The summed E-state index contributed by atoms with van der Waals surface area (Å²) < 4.78 is 13.3. The van der Waals surface area contributed by atoms with Gasteiger partial charge in [0.05, 0.1) is 5.69 Å². The lowest BCUT2D eigenvalue weighted by Crippen LogP contribution is -2.35. The molecule has 5 nitrogen and oxygen atoms in total. The molecule has 0 atom stereocenters. The number of halogens is 1. The fraction of sp³-hybridized carbons (Fsp3) is 0.368. The molecule has 3 aromatic rings. The lowest BCUT2D eigenvalue weighted by molar-refractivity contribution is 0.241. The minimum atomic E-state index is -0.233.